The fraction of sp³-hybridized carbons (Fsp3) is 0.357. The molecule has 0 radical (unpaired) electrons. The van der Waals surface area contributed by atoms with Gasteiger partial charge in [0.1, 0.15) is 5.75 Å². The third-order valence-electron chi connectivity index (χ3n) is 2.93. The van der Waals surface area contributed by atoms with Crippen molar-refractivity contribution in [3.8, 4) is 5.75 Å². The number of nitrogens with one attached hydrogen (secondary N) is 1. The number of benzene rings is 1. The Bertz CT molecular complexity index is 563. The summed E-state index contributed by atoms with van der Waals surface area (Å²) < 4.78 is 31.7. The summed E-state index contributed by atoms with van der Waals surface area (Å²) >= 11 is 3.41. The number of hydrogen-bond acceptors (Lipinski definition) is 3. The van der Waals surface area contributed by atoms with Gasteiger partial charge in [0.05, 0.1) is 6.33 Å². The van der Waals surface area contributed by atoms with E-state index < -0.39 is 6.61 Å². The smallest absolute Gasteiger partial charge is 0.387 e. The fourth-order valence-electron chi connectivity index (χ4n) is 1.92. The Labute approximate surface area is 130 Å². The molecule has 0 amide bonds. The molecule has 1 N–H and O–H groups in total. The van der Waals surface area contributed by atoms with E-state index in [9.17, 15) is 8.78 Å². The maximum atomic E-state index is 12.2. The SMILES string of the molecule is CC(Cn1ccnc1)NCc1cc(OC(F)F)ccc1Br. The summed E-state index contributed by atoms with van der Waals surface area (Å²) in [6.07, 6.45) is 5.38. The third kappa shape index (κ3) is 5.09. The van der Waals surface area contributed by atoms with Crippen LogP contribution in [0.3, 0.4) is 0 Å². The summed E-state index contributed by atoms with van der Waals surface area (Å²) in [5, 5.41) is 3.34. The molecule has 0 saturated heterocycles. The topological polar surface area (TPSA) is 39.1 Å². The third-order valence-corrected chi connectivity index (χ3v) is 3.70. The molecule has 114 valence electrons. The van der Waals surface area contributed by atoms with Crippen molar-refractivity contribution in [2.75, 3.05) is 0 Å². The zero-order valence-electron chi connectivity index (χ0n) is 11.5. The minimum Gasteiger partial charge on any atom is -0.435 e. The molecule has 0 spiro atoms. The Balaban J connectivity index is 1.92. The lowest BCUT2D eigenvalue weighted by atomic mass is 10.2. The number of ether oxygens (including phenoxy) is 1. The van der Waals surface area contributed by atoms with Crippen LogP contribution in [-0.2, 0) is 13.1 Å². The maximum absolute atomic E-state index is 12.2. The van der Waals surface area contributed by atoms with E-state index in [1.54, 1.807) is 24.7 Å². The zero-order chi connectivity index (χ0) is 15.2. The first-order chi connectivity index (χ1) is 10.0. The average molecular weight is 360 g/mol. The second-order valence-electron chi connectivity index (χ2n) is 4.67. The van der Waals surface area contributed by atoms with Crippen molar-refractivity contribution in [2.24, 2.45) is 0 Å². The highest BCUT2D eigenvalue weighted by atomic mass is 79.9. The van der Waals surface area contributed by atoms with Gasteiger partial charge < -0.3 is 14.6 Å². The number of alkyl halides is 2. The van der Waals surface area contributed by atoms with Gasteiger partial charge in [-0.25, -0.2) is 4.98 Å². The largest absolute Gasteiger partial charge is 0.435 e. The first-order valence-electron chi connectivity index (χ1n) is 6.47. The first-order valence-corrected chi connectivity index (χ1v) is 7.26. The van der Waals surface area contributed by atoms with E-state index in [4.69, 9.17) is 0 Å². The molecular formula is C14H16BrF2N3O. The van der Waals surface area contributed by atoms with Gasteiger partial charge >= 0.3 is 6.61 Å². The standard InChI is InChI=1S/C14H16BrF2N3O/c1-10(8-20-5-4-18-9-20)19-7-11-6-12(21-14(16)17)2-3-13(11)15/h2-6,9-10,14,19H,7-8H2,1H3. The van der Waals surface area contributed by atoms with E-state index in [1.165, 1.54) is 6.07 Å². The van der Waals surface area contributed by atoms with Crippen LogP contribution in [0, 0.1) is 0 Å². The number of aromatic nitrogens is 2. The van der Waals surface area contributed by atoms with Crippen LogP contribution in [0.15, 0.2) is 41.4 Å². The number of rotatable bonds is 7. The molecule has 1 aromatic carbocycles. The molecule has 0 fully saturated rings. The molecule has 2 aromatic rings. The van der Waals surface area contributed by atoms with Crippen LogP contribution >= 0.6 is 15.9 Å². The monoisotopic (exact) mass is 359 g/mol. The quantitative estimate of drug-likeness (QED) is 0.823. The molecular weight excluding hydrogens is 344 g/mol. The lowest BCUT2D eigenvalue weighted by Gasteiger charge is -2.16. The number of imidazole rings is 1. The van der Waals surface area contributed by atoms with Crippen molar-refractivity contribution in [2.45, 2.75) is 32.7 Å². The van der Waals surface area contributed by atoms with Crippen LogP contribution < -0.4 is 10.1 Å². The first kappa shape index (κ1) is 15.9. The minimum atomic E-state index is -2.81. The van der Waals surface area contributed by atoms with Crippen LogP contribution in [0.1, 0.15) is 12.5 Å². The van der Waals surface area contributed by atoms with Gasteiger partial charge in [-0.05, 0) is 30.7 Å². The molecule has 2 rings (SSSR count). The molecule has 1 aromatic heterocycles. The molecule has 0 bridgehead atoms. The average Bonchev–Trinajstić information content (AvgIpc) is 2.91. The number of nitrogens with zero attached hydrogens (tertiary/aromatic N) is 2. The van der Waals surface area contributed by atoms with E-state index >= 15 is 0 Å². The summed E-state index contributed by atoms with van der Waals surface area (Å²) in [5.74, 6) is 0.160. The van der Waals surface area contributed by atoms with Gasteiger partial charge in [-0.2, -0.15) is 8.78 Å². The summed E-state index contributed by atoms with van der Waals surface area (Å²) in [4.78, 5) is 3.99. The predicted octanol–water partition coefficient (Wildman–Crippen LogP) is 3.43. The van der Waals surface area contributed by atoms with Crippen molar-refractivity contribution in [3.63, 3.8) is 0 Å². The summed E-state index contributed by atoms with van der Waals surface area (Å²) in [6, 6.07) is 5.03. The maximum Gasteiger partial charge on any atom is 0.387 e. The Hall–Kier alpha value is -1.47. The Morgan fingerprint density at radius 2 is 2.24 bits per heavy atom. The predicted molar refractivity (Wildman–Crippen MR) is 79.3 cm³/mol. The Morgan fingerprint density at radius 3 is 2.90 bits per heavy atom. The zero-order valence-corrected chi connectivity index (χ0v) is 13.1. The second kappa shape index (κ2) is 7.51. The van der Waals surface area contributed by atoms with E-state index in [2.05, 4.69) is 31.0 Å². The summed E-state index contributed by atoms with van der Waals surface area (Å²) in [7, 11) is 0. The van der Waals surface area contributed by atoms with Gasteiger partial charge in [0.15, 0.2) is 0 Å². The highest BCUT2D eigenvalue weighted by Gasteiger charge is 2.09. The minimum absolute atomic E-state index is 0.160. The number of hydrogen-bond donors (Lipinski definition) is 1. The van der Waals surface area contributed by atoms with E-state index in [-0.39, 0.29) is 11.8 Å². The van der Waals surface area contributed by atoms with Gasteiger partial charge in [-0.1, -0.05) is 15.9 Å². The molecule has 0 aliphatic carbocycles. The molecule has 1 atom stereocenters. The van der Waals surface area contributed by atoms with E-state index in [1.807, 2.05) is 17.7 Å². The van der Waals surface area contributed by atoms with E-state index in [0.29, 0.717) is 6.54 Å². The van der Waals surface area contributed by atoms with Gasteiger partial charge in [-0.15, -0.1) is 0 Å². The fourth-order valence-corrected chi connectivity index (χ4v) is 2.31. The Morgan fingerprint density at radius 1 is 1.43 bits per heavy atom. The van der Waals surface area contributed by atoms with E-state index in [0.717, 1.165) is 16.6 Å². The lowest BCUT2D eigenvalue weighted by molar-refractivity contribution is -0.0498. The molecule has 1 unspecified atom stereocenters. The molecule has 21 heavy (non-hydrogen) atoms. The molecule has 1 heterocycles. The second-order valence-corrected chi connectivity index (χ2v) is 5.53. The van der Waals surface area contributed by atoms with Crippen molar-refractivity contribution in [1.82, 2.24) is 14.9 Å². The van der Waals surface area contributed by atoms with Gasteiger partial charge in [0.25, 0.3) is 0 Å². The highest BCUT2D eigenvalue weighted by molar-refractivity contribution is 9.10. The summed E-state index contributed by atoms with van der Waals surface area (Å²) in [6.45, 7) is 0.571. The molecule has 4 nitrogen and oxygen atoms in total. The Kier molecular flexibility index (Phi) is 5.69. The number of halogens is 3. The van der Waals surface area contributed by atoms with Crippen molar-refractivity contribution >= 4 is 15.9 Å². The molecule has 7 heteroatoms. The van der Waals surface area contributed by atoms with Crippen molar-refractivity contribution in [3.05, 3.63) is 47.0 Å². The van der Waals surface area contributed by atoms with Gasteiger partial charge in [0.2, 0.25) is 0 Å². The summed E-state index contributed by atoms with van der Waals surface area (Å²) in [5.41, 5.74) is 0.866. The van der Waals surface area contributed by atoms with Crippen molar-refractivity contribution in [1.29, 1.82) is 0 Å². The van der Waals surface area contributed by atoms with Crippen LogP contribution in [-0.4, -0.2) is 22.2 Å². The molecule has 0 saturated carbocycles. The normalized spacial score (nSPS) is 12.6. The lowest BCUT2D eigenvalue weighted by Crippen LogP contribution is -2.29. The van der Waals surface area contributed by atoms with Crippen LogP contribution in [0.25, 0.3) is 0 Å². The molecule has 0 aliphatic heterocycles. The van der Waals surface area contributed by atoms with Crippen molar-refractivity contribution < 1.29 is 13.5 Å². The van der Waals surface area contributed by atoms with Gasteiger partial charge in [-0.3, -0.25) is 0 Å². The van der Waals surface area contributed by atoms with Gasteiger partial charge in [0, 0.05) is 36.0 Å². The molecule has 0 aliphatic rings. The van der Waals surface area contributed by atoms with Crippen LogP contribution in [0.5, 0.6) is 5.75 Å². The highest BCUT2D eigenvalue weighted by Crippen LogP contribution is 2.23. The van der Waals surface area contributed by atoms with Crippen LogP contribution in [0.4, 0.5) is 8.78 Å². The van der Waals surface area contributed by atoms with Crippen LogP contribution in [0.2, 0.25) is 0 Å².